The third-order valence-corrected chi connectivity index (χ3v) is 3.21. The Labute approximate surface area is 113 Å². The number of halogens is 1. The van der Waals surface area contributed by atoms with Gasteiger partial charge in [0.15, 0.2) is 0 Å². The minimum atomic E-state index is -0.398. The van der Waals surface area contributed by atoms with Crippen LogP contribution in [0.1, 0.15) is 24.0 Å². The molecule has 2 aromatic carbocycles. The van der Waals surface area contributed by atoms with E-state index in [2.05, 4.69) is 12.1 Å². The van der Waals surface area contributed by atoms with Crippen molar-refractivity contribution < 1.29 is 9.50 Å². The molecule has 2 heteroatoms. The minimum absolute atomic E-state index is 0.242. The lowest BCUT2D eigenvalue weighted by molar-refractivity contribution is 0.162. The summed E-state index contributed by atoms with van der Waals surface area (Å²) in [5, 5.41) is 9.95. The second-order valence-corrected chi connectivity index (χ2v) is 4.87. The number of benzene rings is 2. The molecule has 0 spiro atoms. The van der Waals surface area contributed by atoms with Gasteiger partial charge in [0.2, 0.25) is 0 Å². The quantitative estimate of drug-likeness (QED) is 0.836. The first-order valence-electron chi connectivity index (χ1n) is 6.70. The van der Waals surface area contributed by atoms with Crippen LogP contribution in [0.5, 0.6) is 0 Å². The first kappa shape index (κ1) is 13.8. The van der Waals surface area contributed by atoms with Crippen molar-refractivity contribution in [2.75, 3.05) is 0 Å². The van der Waals surface area contributed by atoms with Gasteiger partial charge in [0.1, 0.15) is 5.82 Å². The normalized spacial score (nSPS) is 12.3. The maximum Gasteiger partial charge on any atom is 0.123 e. The summed E-state index contributed by atoms with van der Waals surface area (Å²) in [6.07, 6.45) is 2.78. The third kappa shape index (κ3) is 4.84. The van der Waals surface area contributed by atoms with E-state index in [0.717, 1.165) is 24.8 Å². The van der Waals surface area contributed by atoms with Crippen molar-refractivity contribution in [1.29, 1.82) is 0 Å². The van der Waals surface area contributed by atoms with Crippen LogP contribution in [0.25, 0.3) is 0 Å². The van der Waals surface area contributed by atoms with E-state index in [9.17, 15) is 9.50 Å². The predicted octanol–water partition coefficient (Wildman–Crippen LogP) is 3.75. The van der Waals surface area contributed by atoms with E-state index in [-0.39, 0.29) is 5.82 Å². The molecule has 1 atom stereocenters. The second kappa shape index (κ2) is 7.05. The first-order chi connectivity index (χ1) is 9.24. The zero-order chi connectivity index (χ0) is 13.5. The van der Waals surface area contributed by atoms with Crippen LogP contribution in [0.15, 0.2) is 54.6 Å². The van der Waals surface area contributed by atoms with Gasteiger partial charge in [0.25, 0.3) is 0 Å². The SMILES string of the molecule is OC(CCCc1ccccc1)Cc1cccc(F)c1. The third-order valence-electron chi connectivity index (χ3n) is 3.21. The molecule has 2 rings (SSSR count). The molecule has 1 N–H and O–H groups in total. The molecule has 0 saturated carbocycles. The number of rotatable bonds is 6. The Bertz CT molecular complexity index is 496. The van der Waals surface area contributed by atoms with Crippen molar-refractivity contribution in [3.63, 3.8) is 0 Å². The average molecular weight is 258 g/mol. The molecule has 0 saturated heterocycles. The van der Waals surface area contributed by atoms with Crippen molar-refractivity contribution >= 4 is 0 Å². The van der Waals surface area contributed by atoms with Gasteiger partial charge in [-0.1, -0.05) is 42.5 Å². The lowest BCUT2D eigenvalue weighted by Gasteiger charge is -2.10. The van der Waals surface area contributed by atoms with Crippen LogP contribution in [-0.2, 0) is 12.8 Å². The van der Waals surface area contributed by atoms with Gasteiger partial charge >= 0.3 is 0 Å². The zero-order valence-corrected chi connectivity index (χ0v) is 10.9. The highest BCUT2D eigenvalue weighted by atomic mass is 19.1. The van der Waals surface area contributed by atoms with Gasteiger partial charge < -0.3 is 5.11 Å². The zero-order valence-electron chi connectivity index (χ0n) is 10.9. The topological polar surface area (TPSA) is 20.2 Å². The maximum absolute atomic E-state index is 13.0. The van der Waals surface area contributed by atoms with E-state index in [4.69, 9.17) is 0 Å². The highest BCUT2D eigenvalue weighted by molar-refractivity contribution is 5.17. The number of hydrogen-bond acceptors (Lipinski definition) is 1. The van der Waals surface area contributed by atoms with Gasteiger partial charge in [-0.25, -0.2) is 4.39 Å². The fourth-order valence-electron chi connectivity index (χ4n) is 2.22. The van der Waals surface area contributed by atoms with E-state index >= 15 is 0 Å². The summed E-state index contributed by atoms with van der Waals surface area (Å²) in [4.78, 5) is 0. The molecule has 0 fully saturated rings. The van der Waals surface area contributed by atoms with Crippen LogP contribution in [0.3, 0.4) is 0 Å². The van der Waals surface area contributed by atoms with Crippen LogP contribution in [-0.4, -0.2) is 11.2 Å². The van der Waals surface area contributed by atoms with Gasteiger partial charge in [-0.05, 0) is 48.9 Å². The molecule has 0 aliphatic rings. The van der Waals surface area contributed by atoms with E-state index in [1.807, 2.05) is 24.3 Å². The second-order valence-electron chi connectivity index (χ2n) is 4.87. The van der Waals surface area contributed by atoms with E-state index in [1.165, 1.54) is 17.7 Å². The van der Waals surface area contributed by atoms with Gasteiger partial charge in [-0.15, -0.1) is 0 Å². The molecule has 0 heterocycles. The van der Waals surface area contributed by atoms with Crippen LogP contribution in [0.4, 0.5) is 4.39 Å². The lowest BCUT2D eigenvalue weighted by Crippen LogP contribution is -2.10. The average Bonchev–Trinajstić information content (AvgIpc) is 2.40. The lowest BCUT2D eigenvalue weighted by atomic mass is 10.0. The van der Waals surface area contributed by atoms with Gasteiger partial charge in [0.05, 0.1) is 6.10 Å². The minimum Gasteiger partial charge on any atom is -0.393 e. The molecule has 100 valence electrons. The molecule has 0 amide bonds. The number of aliphatic hydroxyl groups excluding tert-OH is 1. The van der Waals surface area contributed by atoms with Crippen molar-refractivity contribution in [2.45, 2.75) is 31.8 Å². The Morgan fingerprint density at radius 2 is 1.68 bits per heavy atom. The monoisotopic (exact) mass is 258 g/mol. The Morgan fingerprint density at radius 1 is 0.947 bits per heavy atom. The van der Waals surface area contributed by atoms with Crippen molar-refractivity contribution in [2.24, 2.45) is 0 Å². The molecule has 0 aromatic heterocycles. The molecule has 2 aromatic rings. The molecular formula is C17H19FO. The first-order valence-corrected chi connectivity index (χ1v) is 6.70. The van der Waals surface area contributed by atoms with Crippen molar-refractivity contribution in [3.05, 3.63) is 71.5 Å². The molecular weight excluding hydrogens is 239 g/mol. The molecule has 0 aliphatic carbocycles. The summed E-state index contributed by atoms with van der Waals surface area (Å²) in [6.45, 7) is 0. The van der Waals surface area contributed by atoms with Crippen molar-refractivity contribution in [3.8, 4) is 0 Å². The van der Waals surface area contributed by atoms with E-state index in [1.54, 1.807) is 6.07 Å². The Morgan fingerprint density at radius 3 is 2.42 bits per heavy atom. The van der Waals surface area contributed by atoms with Crippen molar-refractivity contribution in [1.82, 2.24) is 0 Å². The number of hydrogen-bond donors (Lipinski definition) is 1. The fourth-order valence-corrected chi connectivity index (χ4v) is 2.22. The number of aryl methyl sites for hydroxylation is 1. The smallest absolute Gasteiger partial charge is 0.123 e. The van der Waals surface area contributed by atoms with Gasteiger partial charge in [-0.3, -0.25) is 0 Å². The fraction of sp³-hybridized carbons (Fsp3) is 0.294. The molecule has 1 unspecified atom stereocenters. The summed E-state index contributed by atoms with van der Waals surface area (Å²) < 4.78 is 13.0. The predicted molar refractivity (Wildman–Crippen MR) is 75.5 cm³/mol. The van der Waals surface area contributed by atoms with E-state index in [0.29, 0.717) is 6.42 Å². The summed E-state index contributed by atoms with van der Waals surface area (Å²) in [5.74, 6) is -0.242. The summed E-state index contributed by atoms with van der Waals surface area (Å²) in [6, 6.07) is 16.7. The summed E-state index contributed by atoms with van der Waals surface area (Å²) in [5.41, 5.74) is 2.15. The Kier molecular flexibility index (Phi) is 5.10. The molecule has 0 radical (unpaired) electrons. The molecule has 1 nitrogen and oxygen atoms in total. The summed E-state index contributed by atoms with van der Waals surface area (Å²) >= 11 is 0. The number of aliphatic hydroxyl groups is 1. The van der Waals surface area contributed by atoms with Crippen LogP contribution in [0.2, 0.25) is 0 Å². The van der Waals surface area contributed by atoms with Gasteiger partial charge in [-0.2, -0.15) is 0 Å². The van der Waals surface area contributed by atoms with Crippen LogP contribution >= 0.6 is 0 Å². The summed E-state index contributed by atoms with van der Waals surface area (Å²) in [7, 11) is 0. The van der Waals surface area contributed by atoms with Gasteiger partial charge in [0, 0.05) is 0 Å². The van der Waals surface area contributed by atoms with E-state index < -0.39 is 6.10 Å². The molecule has 0 bridgehead atoms. The molecule has 19 heavy (non-hydrogen) atoms. The molecule has 0 aliphatic heterocycles. The highest BCUT2D eigenvalue weighted by Gasteiger charge is 2.06. The van der Waals surface area contributed by atoms with Crippen LogP contribution < -0.4 is 0 Å². The van der Waals surface area contributed by atoms with Crippen LogP contribution in [0, 0.1) is 5.82 Å². The largest absolute Gasteiger partial charge is 0.393 e. The Balaban J connectivity index is 1.74. The maximum atomic E-state index is 13.0. The standard InChI is InChI=1S/C17H19FO/c18-16-10-4-9-15(12-16)13-17(19)11-5-8-14-6-2-1-3-7-14/h1-4,6-7,9-10,12,17,19H,5,8,11,13H2. The Hall–Kier alpha value is -1.67. The highest BCUT2D eigenvalue weighted by Crippen LogP contribution is 2.11.